The Kier molecular flexibility index (Phi) is 4.80. The number of nitrogens with one attached hydrogen (secondary N) is 1. The molecule has 0 aromatic carbocycles. The number of ether oxygens (including phenoxy) is 1. The largest absolute Gasteiger partial charge is 0.397 e. The van der Waals surface area contributed by atoms with Crippen LogP contribution in [0, 0.1) is 0 Å². The van der Waals surface area contributed by atoms with E-state index in [-0.39, 0.29) is 19.1 Å². The van der Waals surface area contributed by atoms with Crippen LogP contribution in [0.25, 0.3) is 10.1 Å². The van der Waals surface area contributed by atoms with Crippen LogP contribution in [0.15, 0.2) is 18.5 Å². The van der Waals surface area contributed by atoms with Crippen molar-refractivity contribution in [2.75, 3.05) is 25.5 Å². The van der Waals surface area contributed by atoms with Crippen molar-refractivity contribution in [2.24, 2.45) is 0 Å². The Morgan fingerprint density at radius 2 is 2.35 bits per heavy atom. The van der Waals surface area contributed by atoms with Crippen molar-refractivity contribution in [2.45, 2.75) is 6.43 Å². The van der Waals surface area contributed by atoms with Gasteiger partial charge in [0.2, 0.25) is 0 Å². The molecule has 3 N–H and O–H groups in total. The lowest BCUT2D eigenvalue weighted by atomic mass is 10.2. The molecule has 1 amide bonds. The maximum absolute atomic E-state index is 11.9. The molecule has 2 aromatic heterocycles. The Labute approximate surface area is 117 Å². The number of hydrogen-bond acceptors (Lipinski definition) is 5. The number of anilines is 1. The van der Waals surface area contributed by atoms with Crippen LogP contribution < -0.4 is 11.1 Å². The zero-order chi connectivity index (χ0) is 14.5. The second kappa shape index (κ2) is 6.58. The number of carbonyl (C=O) groups excluding carboxylic acids is 1. The van der Waals surface area contributed by atoms with Gasteiger partial charge in [-0.05, 0) is 6.07 Å². The molecule has 2 aromatic rings. The van der Waals surface area contributed by atoms with Crippen molar-refractivity contribution in [3.05, 3.63) is 23.3 Å². The van der Waals surface area contributed by atoms with Crippen LogP contribution in [0.5, 0.6) is 0 Å². The maximum atomic E-state index is 11.9. The highest BCUT2D eigenvalue weighted by molar-refractivity contribution is 7.21. The van der Waals surface area contributed by atoms with Crippen molar-refractivity contribution < 1.29 is 18.3 Å². The molecule has 0 spiro atoms. The first kappa shape index (κ1) is 14.6. The molecular formula is C12H13F2N3O2S. The fraction of sp³-hybridized carbons (Fsp3) is 0.333. The molecule has 0 aliphatic carbocycles. The van der Waals surface area contributed by atoms with E-state index in [1.807, 2.05) is 0 Å². The number of thiophene rings is 1. The number of carbonyl (C=O) groups is 1. The molecule has 20 heavy (non-hydrogen) atoms. The molecule has 0 bridgehead atoms. The lowest BCUT2D eigenvalue weighted by Crippen LogP contribution is -2.27. The van der Waals surface area contributed by atoms with Crippen molar-refractivity contribution >= 4 is 33.0 Å². The number of pyridine rings is 1. The summed E-state index contributed by atoms with van der Waals surface area (Å²) >= 11 is 1.24. The Hall–Kier alpha value is -1.80. The molecule has 0 saturated carbocycles. The van der Waals surface area contributed by atoms with Crippen LogP contribution >= 0.6 is 11.3 Å². The number of rotatable bonds is 6. The van der Waals surface area contributed by atoms with Crippen LogP contribution in [0.2, 0.25) is 0 Å². The minimum Gasteiger partial charge on any atom is -0.397 e. The van der Waals surface area contributed by atoms with Gasteiger partial charge in [-0.25, -0.2) is 8.78 Å². The molecule has 0 aliphatic heterocycles. The minimum atomic E-state index is -2.50. The van der Waals surface area contributed by atoms with Gasteiger partial charge in [0.1, 0.15) is 11.5 Å². The van der Waals surface area contributed by atoms with Crippen molar-refractivity contribution in [1.82, 2.24) is 10.3 Å². The number of nitrogens with two attached hydrogens (primary N) is 1. The minimum absolute atomic E-state index is 0.0302. The predicted molar refractivity (Wildman–Crippen MR) is 73.2 cm³/mol. The standard InChI is InChI=1S/C12H13F2N3O2S/c13-9(14)6-19-4-3-17-12(18)11-10(15)7-1-2-16-5-8(7)20-11/h1-2,5,9H,3-4,6,15H2,(H,17,18). The predicted octanol–water partition coefficient (Wildman–Crippen LogP) is 1.89. The fourth-order valence-electron chi connectivity index (χ4n) is 1.63. The van der Waals surface area contributed by atoms with Gasteiger partial charge in [-0.2, -0.15) is 0 Å². The zero-order valence-corrected chi connectivity index (χ0v) is 11.3. The molecule has 2 rings (SSSR count). The number of hydrogen-bond donors (Lipinski definition) is 2. The second-order valence-electron chi connectivity index (χ2n) is 3.94. The summed E-state index contributed by atoms with van der Waals surface area (Å²) in [5.41, 5.74) is 6.30. The third-order valence-electron chi connectivity index (χ3n) is 2.51. The van der Waals surface area contributed by atoms with Crippen molar-refractivity contribution in [1.29, 1.82) is 0 Å². The van der Waals surface area contributed by atoms with Gasteiger partial charge in [0.25, 0.3) is 12.3 Å². The highest BCUT2D eigenvalue weighted by atomic mass is 32.1. The normalized spacial score (nSPS) is 11.2. The third kappa shape index (κ3) is 3.40. The Balaban J connectivity index is 1.93. The number of nitrogen functional groups attached to an aromatic ring is 1. The summed E-state index contributed by atoms with van der Waals surface area (Å²) in [7, 11) is 0. The molecule has 0 saturated heterocycles. The van der Waals surface area contributed by atoms with Gasteiger partial charge >= 0.3 is 0 Å². The highest BCUT2D eigenvalue weighted by Crippen LogP contribution is 2.32. The van der Waals surface area contributed by atoms with Crippen LogP contribution in [0.4, 0.5) is 14.5 Å². The van der Waals surface area contributed by atoms with Crippen LogP contribution in [0.3, 0.4) is 0 Å². The molecule has 8 heteroatoms. The maximum Gasteiger partial charge on any atom is 0.263 e. The molecule has 5 nitrogen and oxygen atoms in total. The Bertz CT molecular complexity index is 603. The van der Waals surface area contributed by atoms with Gasteiger partial charge in [-0.1, -0.05) is 0 Å². The molecule has 0 aliphatic rings. The highest BCUT2D eigenvalue weighted by Gasteiger charge is 2.15. The van der Waals surface area contributed by atoms with E-state index in [0.29, 0.717) is 10.6 Å². The van der Waals surface area contributed by atoms with Crippen LogP contribution in [-0.2, 0) is 4.74 Å². The lowest BCUT2D eigenvalue weighted by molar-refractivity contribution is 0.0188. The monoisotopic (exact) mass is 301 g/mol. The first-order valence-electron chi connectivity index (χ1n) is 5.85. The van der Waals surface area contributed by atoms with E-state index in [0.717, 1.165) is 10.1 Å². The van der Waals surface area contributed by atoms with E-state index in [9.17, 15) is 13.6 Å². The van der Waals surface area contributed by atoms with E-state index >= 15 is 0 Å². The van der Waals surface area contributed by atoms with Gasteiger partial charge in [0.05, 0.1) is 17.0 Å². The van der Waals surface area contributed by atoms with Gasteiger partial charge < -0.3 is 15.8 Å². The summed E-state index contributed by atoms with van der Waals surface area (Å²) in [6.07, 6.45) is 0.737. The van der Waals surface area contributed by atoms with Gasteiger partial charge in [-0.3, -0.25) is 9.78 Å². The summed E-state index contributed by atoms with van der Waals surface area (Å²) in [6.45, 7) is -0.452. The van der Waals surface area contributed by atoms with Crippen molar-refractivity contribution in [3.63, 3.8) is 0 Å². The number of halogens is 2. The first-order valence-corrected chi connectivity index (χ1v) is 6.67. The number of amides is 1. The Morgan fingerprint density at radius 3 is 3.05 bits per heavy atom. The molecule has 0 atom stereocenters. The lowest BCUT2D eigenvalue weighted by Gasteiger charge is -2.05. The van der Waals surface area contributed by atoms with Crippen LogP contribution in [0.1, 0.15) is 9.67 Å². The summed E-state index contributed by atoms with van der Waals surface area (Å²) in [4.78, 5) is 16.3. The summed E-state index contributed by atoms with van der Waals surface area (Å²) in [5, 5.41) is 3.36. The molecule has 0 radical (unpaired) electrons. The van der Waals surface area contributed by atoms with Gasteiger partial charge in [0, 0.05) is 24.3 Å². The summed E-state index contributed by atoms with van der Waals surface area (Å²) in [5.74, 6) is -0.343. The number of nitrogens with zero attached hydrogens (tertiary/aromatic N) is 1. The van der Waals surface area contributed by atoms with E-state index in [2.05, 4.69) is 15.0 Å². The number of aromatic nitrogens is 1. The van der Waals surface area contributed by atoms with Crippen molar-refractivity contribution in [3.8, 4) is 0 Å². The van der Waals surface area contributed by atoms with Crippen LogP contribution in [-0.4, -0.2) is 37.1 Å². The van der Waals surface area contributed by atoms with Gasteiger partial charge in [-0.15, -0.1) is 11.3 Å². The number of alkyl halides is 2. The fourth-order valence-corrected chi connectivity index (χ4v) is 2.64. The van der Waals surface area contributed by atoms with E-state index in [1.54, 1.807) is 18.5 Å². The van der Waals surface area contributed by atoms with E-state index in [4.69, 9.17) is 5.73 Å². The third-order valence-corrected chi connectivity index (χ3v) is 3.67. The van der Waals surface area contributed by atoms with E-state index in [1.165, 1.54) is 11.3 Å². The quantitative estimate of drug-likeness (QED) is 0.799. The first-order chi connectivity index (χ1) is 9.59. The average molecular weight is 301 g/mol. The second-order valence-corrected chi connectivity index (χ2v) is 4.99. The summed E-state index contributed by atoms with van der Waals surface area (Å²) < 4.78 is 29.1. The zero-order valence-electron chi connectivity index (χ0n) is 10.4. The molecule has 0 unspecified atom stereocenters. The molecule has 2 heterocycles. The van der Waals surface area contributed by atoms with E-state index < -0.39 is 13.0 Å². The number of fused-ring (bicyclic) bond motifs is 1. The smallest absolute Gasteiger partial charge is 0.263 e. The average Bonchev–Trinajstić information content (AvgIpc) is 2.76. The van der Waals surface area contributed by atoms with Gasteiger partial charge in [0.15, 0.2) is 0 Å². The molecular weight excluding hydrogens is 288 g/mol. The topological polar surface area (TPSA) is 77.2 Å². The SMILES string of the molecule is Nc1c(C(=O)NCCOCC(F)F)sc2cnccc12. The summed E-state index contributed by atoms with van der Waals surface area (Å²) in [6, 6.07) is 1.74. The molecule has 108 valence electrons. The Morgan fingerprint density at radius 1 is 1.55 bits per heavy atom. The molecule has 0 fully saturated rings.